The highest BCUT2D eigenvalue weighted by Crippen LogP contribution is 2.39. The van der Waals surface area contributed by atoms with Crippen molar-refractivity contribution in [3.63, 3.8) is 0 Å². The van der Waals surface area contributed by atoms with Crippen LogP contribution in [0, 0.1) is 0 Å². The van der Waals surface area contributed by atoms with Gasteiger partial charge in [-0.1, -0.05) is 24.3 Å². The molecule has 0 bridgehead atoms. The van der Waals surface area contributed by atoms with Crippen molar-refractivity contribution in [1.82, 2.24) is 0 Å². The molecule has 0 aliphatic heterocycles. The molecule has 0 radical (unpaired) electrons. The lowest BCUT2D eigenvalue weighted by Crippen LogP contribution is -2.10. The molecule has 0 nitrogen and oxygen atoms in total. The Kier molecular flexibility index (Phi) is 4.37. The summed E-state index contributed by atoms with van der Waals surface area (Å²) in [7, 11) is 0. The van der Waals surface area contributed by atoms with Crippen molar-refractivity contribution < 1.29 is 35.1 Å². The Hall–Kier alpha value is -2.12. The lowest BCUT2D eigenvalue weighted by Gasteiger charge is -2.14. The molecule has 0 spiro atoms. The average Bonchev–Trinajstić information content (AvgIpc) is 2.45. The van der Waals surface area contributed by atoms with E-state index in [9.17, 15) is 35.1 Å². The van der Waals surface area contributed by atoms with Gasteiger partial charge in [0.15, 0.2) is 0 Å². The summed E-state index contributed by atoms with van der Waals surface area (Å²) >= 11 is 0. The molecule has 124 valence electrons. The minimum atomic E-state index is -4.99. The number of benzene rings is 2. The quantitative estimate of drug-likeness (QED) is 0.561. The first kappa shape index (κ1) is 17.2. The molecule has 2 aromatic carbocycles. The van der Waals surface area contributed by atoms with E-state index in [1.807, 2.05) is 0 Å². The summed E-state index contributed by atoms with van der Waals surface area (Å²) in [5.41, 5.74) is -3.68. The standard InChI is InChI=1S/C15H8F8/c16-13(17)11-6-3-9(7-12(11)15(21,22)23)8-1-4-10(5-2-8)14(18,19)20/h1-7,13H. The summed E-state index contributed by atoms with van der Waals surface area (Å²) < 4.78 is 101. The first-order valence-corrected chi connectivity index (χ1v) is 6.17. The van der Waals surface area contributed by atoms with E-state index in [-0.39, 0.29) is 11.1 Å². The van der Waals surface area contributed by atoms with E-state index in [1.54, 1.807) is 0 Å². The molecule has 0 aliphatic rings. The Labute approximate surface area is 125 Å². The van der Waals surface area contributed by atoms with Gasteiger partial charge in [-0.05, 0) is 29.3 Å². The Morgan fingerprint density at radius 3 is 1.61 bits per heavy atom. The van der Waals surface area contributed by atoms with Crippen molar-refractivity contribution in [3.8, 4) is 11.1 Å². The van der Waals surface area contributed by atoms with Gasteiger partial charge in [0.05, 0.1) is 11.1 Å². The van der Waals surface area contributed by atoms with Crippen LogP contribution in [0.2, 0.25) is 0 Å². The summed E-state index contributed by atoms with van der Waals surface area (Å²) in [6, 6.07) is 5.54. The maximum atomic E-state index is 12.8. The molecule has 0 aromatic heterocycles. The summed E-state index contributed by atoms with van der Waals surface area (Å²) in [6.45, 7) is 0. The highest BCUT2D eigenvalue weighted by Gasteiger charge is 2.36. The largest absolute Gasteiger partial charge is 0.416 e. The number of hydrogen-bond acceptors (Lipinski definition) is 0. The molecule has 0 aliphatic carbocycles. The molecule has 2 aromatic rings. The van der Waals surface area contributed by atoms with Crippen LogP contribution in [0.1, 0.15) is 23.1 Å². The molecule has 0 saturated carbocycles. The minimum Gasteiger partial charge on any atom is -0.205 e. The van der Waals surface area contributed by atoms with Gasteiger partial charge >= 0.3 is 12.4 Å². The normalized spacial score (nSPS) is 12.7. The summed E-state index contributed by atoms with van der Waals surface area (Å²) in [4.78, 5) is 0. The van der Waals surface area contributed by atoms with E-state index in [0.29, 0.717) is 24.3 Å². The third-order valence-electron chi connectivity index (χ3n) is 3.14. The van der Waals surface area contributed by atoms with Gasteiger partial charge in [-0.25, -0.2) is 8.78 Å². The second-order valence-electron chi connectivity index (χ2n) is 4.68. The predicted octanol–water partition coefficient (Wildman–Crippen LogP) is 6.33. The maximum absolute atomic E-state index is 12.8. The molecule has 0 atom stereocenters. The second-order valence-corrected chi connectivity index (χ2v) is 4.68. The zero-order valence-corrected chi connectivity index (χ0v) is 11.1. The Morgan fingerprint density at radius 1 is 0.652 bits per heavy atom. The number of alkyl halides is 8. The molecule has 0 unspecified atom stereocenters. The van der Waals surface area contributed by atoms with Crippen molar-refractivity contribution >= 4 is 0 Å². The highest BCUT2D eigenvalue weighted by molar-refractivity contribution is 5.65. The van der Waals surface area contributed by atoms with E-state index in [4.69, 9.17) is 0 Å². The topological polar surface area (TPSA) is 0 Å². The Morgan fingerprint density at radius 2 is 1.17 bits per heavy atom. The van der Waals surface area contributed by atoms with Gasteiger partial charge in [-0.15, -0.1) is 0 Å². The zero-order chi connectivity index (χ0) is 17.4. The summed E-state index contributed by atoms with van der Waals surface area (Å²) in [5, 5.41) is 0. The van der Waals surface area contributed by atoms with Gasteiger partial charge in [0.25, 0.3) is 6.43 Å². The first-order valence-electron chi connectivity index (χ1n) is 6.17. The van der Waals surface area contributed by atoms with Gasteiger partial charge < -0.3 is 0 Å². The number of halogens is 8. The third-order valence-corrected chi connectivity index (χ3v) is 3.14. The first-order chi connectivity index (χ1) is 10.5. The SMILES string of the molecule is FC(F)c1ccc(-c2ccc(C(F)(F)F)cc2)cc1C(F)(F)F. The van der Waals surface area contributed by atoms with Gasteiger partial charge in [-0.3, -0.25) is 0 Å². The van der Waals surface area contributed by atoms with Crippen molar-refractivity contribution in [2.75, 3.05) is 0 Å². The lowest BCUT2D eigenvalue weighted by molar-refractivity contribution is -0.139. The van der Waals surface area contributed by atoms with Gasteiger partial charge in [0.1, 0.15) is 0 Å². The van der Waals surface area contributed by atoms with Crippen molar-refractivity contribution in [1.29, 1.82) is 0 Å². The van der Waals surface area contributed by atoms with Crippen LogP contribution in [0.5, 0.6) is 0 Å². The third kappa shape index (κ3) is 3.80. The molecule has 8 heteroatoms. The fourth-order valence-electron chi connectivity index (χ4n) is 2.02. The predicted molar refractivity (Wildman–Crippen MR) is 66.8 cm³/mol. The molecule has 0 fully saturated rings. The van der Waals surface area contributed by atoms with Crippen LogP contribution >= 0.6 is 0 Å². The number of rotatable bonds is 2. The van der Waals surface area contributed by atoms with E-state index >= 15 is 0 Å². The van der Waals surface area contributed by atoms with Crippen LogP contribution < -0.4 is 0 Å². The molecular weight excluding hydrogens is 332 g/mol. The lowest BCUT2D eigenvalue weighted by atomic mass is 9.98. The number of hydrogen-bond donors (Lipinski definition) is 0. The summed E-state index contributed by atoms with van der Waals surface area (Å²) in [5.74, 6) is 0. The zero-order valence-electron chi connectivity index (χ0n) is 11.1. The average molecular weight is 340 g/mol. The molecule has 0 N–H and O–H groups in total. The van der Waals surface area contributed by atoms with Crippen LogP contribution in [0.25, 0.3) is 11.1 Å². The fourth-order valence-corrected chi connectivity index (χ4v) is 2.02. The molecule has 0 heterocycles. The van der Waals surface area contributed by atoms with Crippen LogP contribution in [-0.2, 0) is 12.4 Å². The van der Waals surface area contributed by atoms with E-state index < -0.39 is 35.5 Å². The van der Waals surface area contributed by atoms with Crippen molar-refractivity contribution in [3.05, 3.63) is 59.2 Å². The van der Waals surface area contributed by atoms with Gasteiger partial charge in [0, 0.05) is 5.56 Å². The maximum Gasteiger partial charge on any atom is 0.416 e. The monoisotopic (exact) mass is 340 g/mol. The van der Waals surface area contributed by atoms with Crippen LogP contribution in [0.15, 0.2) is 42.5 Å². The second kappa shape index (κ2) is 5.82. The molecule has 0 amide bonds. The van der Waals surface area contributed by atoms with Crippen molar-refractivity contribution in [2.45, 2.75) is 18.8 Å². The fraction of sp³-hybridized carbons (Fsp3) is 0.200. The van der Waals surface area contributed by atoms with Crippen LogP contribution in [0.3, 0.4) is 0 Å². The van der Waals surface area contributed by atoms with Crippen LogP contribution in [0.4, 0.5) is 35.1 Å². The van der Waals surface area contributed by atoms with Crippen molar-refractivity contribution in [2.24, 2.45) is 0 Å². The molecule has 2 rings (SSSR count). The highest BCUT2D eigenvalue weighted by atomic mass is 19.4. The summed E-state index contributed by atoms with van der Waals surface area (Å²) in [6.07, 6.45) is -12.9. The van der Waals surface area contributed by atoms with E-state index in [0.717, 1.165) is 18.2 Å². The molecule has 0 saturated heterocycles. The minimum absolute atomic E-state index is 0.0596. The van der Waals surface area contributed by atoms with Crippen LogP contribution in [-0.4, -0.2) is 0 Å². The molecule has 23 heavy (non-hydrogen) atoms. The smallest absolute Gasteiger partial charge is 0.205 e. The van der Waals surface area contributed by atoms with E-state index in [2.05, 4.69) is 0 Å². The molecular formula is C15H8F8. The Bertz CT molecular complexity index is 680. The Balaban J connectivity index is 2.49. The van der Waals surface area contributed by atoms with E-state index in [1.165, 1.54) is 0 Å². The van der Waals surface area contributed by atoms with Gasteiger partial charge in [0.2, 0.25) is 0 Å². The van der Waals surface area contributed by atoms with Gasteiger partial charge in [-0.2, -0.15) is 26.3 Å².